The Morgan fingerprint density at radius 2 is 1.95 bits per heavy atom. The van der Waals surface area contributed by atoms with Crippen LogP contribution < -0.4 is 10.6 Å². The van der Waals surface area contributed by atoms with E-state index in [0.717, 1.165) is 31.4 Å². The molecule has 1 aromatic heterocycles. The van der Waals surface area contributed by atoms with Crippen molar-refractivity contribution in [3.63, 3.8) is 0 Å². The summed E-state index contributed by atoms with van der Waals surface area (Å²) in [7, 11) is 0. The summed E-state index contributed by atoms with van der Waals surface area (Å²) < 4.78 is 0. The number of nitrogens with one attached hydrogen (secondary N) is 2. The quantitative estimate of drug-likeness (QED) is 0.832. The fraction of sp³-hybridized carbons (Fsp3) is 0.562. The number of pyridine rings is 1. The van der Waals surface area contributed by atoms with Crippen LogP contribution in [0.5, 0.6) is 0 Å². The smallest absolute Gasteiger partial charge is 0.239 e. The van der Waals surface area contributed by atoms with Crippen molar-refractivity contribution in [2.75, 3.05) is 13.1 Å². The van der Waals surface area contributed by atoms with Crippen LogP contribution in [0.3, 0.4) is 0 Å². The second kappa shape index (κ2) is 8.39. The SMILES string of the molecule is O=C(CNC(=O)C1CCCCC1)NCCc1ccccn1. The van der Waals surface area contributed by atoms with E-state index in [4.69, 9.17) is 0 Å². The molecule has 5 nitrogen and oxygen atoms in total. The molecular weight excluding hydrogens is 266 g/mol. The highest BCUT2D eigenvalue weighted by Crippen LogP contribution is 2.23. The first-order valence-electron chi connectivity index (χ1n) is 7.70. The van der Waals surface area contributed by atoms with Crippen molar-refractivity contribution >= 4 is 11.8 Å². The first-order valence-corrected chi connectivity index (χ1v) is 7.70. The maximum absolute atomic E-state index is 11.9. The van der Waals surface area contributed by atoms with Crippen LogP contribution in [0.15, 0.2) is 24.4 Å². The van der Waals surface area contributed by atoms with E-state index in [9.17, 15) is 9.59 Å². The van der Waals surface area contributed by atoms with Crippen LogP contribution in [-0.4, -0.2) is 29.9 Å². The van der Waals surface area contributed by atoms with Gasteiger partial charge in [-0.15, -0.1) is 0 Å². The van der Waals surface area contributed by atoms with Gasteiger partial charge in [-0.2, -0.15) is 0 Å². The van der Waals surface area contributed by atoms with Crippen molar-refractivity contribution in [2.45, 2.75) is 38.5 Å². The molecule has 114 valence electrons. The predicted molar refractivity (Wildman–Crippen MR) is 80.5 cm³/mol. The first kappa shape index (κ1) is 15.5. The number of hydrogen-bond donors (Lipinski definition) is 2. The molecule has 1 heterocycles. The maximum Gasteiger partial charge on any atom is 0.239 e. The molecular formula is C16H23N3O2. The number of carbonyl (C=O) groups excluding carboxylic acids is 2. The predicted octanol–water partition coefficient (Wildman–Crippen LogP) is 1.44. The Morgan fingerprint density at radius 1 is 1.14 bits per heavy atom. The number of rotatable bonds is 6. The Morgan fingerprint density at radius 3 is 2.67 bits per heavy atom. The van der Waals surface area contributed by atoms with Crippen molar-refractivity contribution in [1.29, 1.82) is 0 Å². The normalized spacial score (nSPS) is 15.4. The summed E-state index contributed by atoms with van der Waals surface area (Å²) in [5, 5.41) is 5.53. The monoisotopic (exact) mass is 289 g/mol. The van der Waals surface area contributed by atoms with Crippen molar-refractivity contribution in [1.82, 2.24) is 15.6 Å². The number of amides is 2. The molecule has 0 aliphatic heterocycles. The summed E-state index contributed by atoms with van der Waals surface area (Å²) in [5.41, 5.74) is 0.948. The molecule has 0 saturated heterocycles. The molecule has 1 aliphatic carbocycles. The average molecular weight is 289 g/mol. The molecule has 1 aliphatic rings. The van der Waals surface area contributed by atoms with E-state index in [1.165, 1.54) is 6.42 Å². The molecule has 0 unspecified atom stereocenters. The van der Waals surface area contributed by atoms with Gasteiger partial charge in [-0.1, -0.05) is 25.3 Å². The second-order valence-corrected chi connectivity index (χ2v) is 5.47. The molecule has 2 N–H and O–H groups in total. The highest BCUT2D eigenvalue weighted by molar-refractivity contribution is 5.85. The molecule has 0 aromatic carbocycles. The van der Waals surface area contributed by atoms with Crippen LogP contribution in [0.4, 0.5) is 0 Å². The number of nitrogens with zero attached hydrogens (tertiary/aromatic N) is 1. The van der Waals surface area contributed by atoms with Crippen molar-refractivity contribution in [3.8, 4) is 0 Å². The first-order chi connectivity index (χ1) is 10.3. The van der Waals surface area contributed by atoms with Gasteiger partial charge in [-0.3, -0.25) is 14.6 Å². The van der Waals surface area contributed by atoms with E-state index in [2.05, 4.69) is 15.6 Å². The zero-order valence-corrected chi connectivity index (χ0v) is 12.3. The van der Waals surface area contributed by atoms with Crippen LogP contribution in [0.2, 0.25) is 0 Å². The van der Waals surface area contributed by atoms with Crippen LogP contribution in [0, 0.1) is 5.92 Å². The van der Waals surface area contributed by atoms with Gasteiger partial charge < -0.3 is 10.6 Å². The van der Waals surface area contributed by atoms with Crippen LogP contribution in [0.1, 0.15) is 37.8 Å². The van der Waals surface area contributed by atoms with Crippen LogP contribution in [-0.2, 0) is 16.0 Å². The lowest BCUT2D eigenvalue weighted by Gasteiger charge is -2.20. The summed E-state index contributed by atoms with van der Waals surface area (Å²) in [4.78, 5) is 27.8. The van der Waals surface area contributed by atoms with Gasteiger partial charge in [0.15, 0.2) is 0 Å². The van der Waals surface area contributed by atoms with Gasteiger partial charge >= 0.3 is 0 Å². The van der Waals surface area contributed by atoms with Crippen LogP contribution in [0.25, 0.3) is 0 Å². The largest absolute Gasteiger partial charge is 0.354 e. The molecule has 1 saturated carbocycles. The van der Waals surface area contributed by atoms with Gasteiger partial charge in [0, 0.05) is 30.8 Å². The highest BCUT2D eigenvalue weighted by Gasteiger charge is 2.21. The molecule has 2 rings (SSSR count). The summed E-state index contributed by atoms with van der Waals surface area (Å²) in [6.45, 7) is 0.604. The molecule has 1 fully saturated rings. The Balaban J connectivity index is 1.60. The summed E-state index contributed by atoms with van der Waals surface area (Å²) >= 11 is 0. The molecule has 0 spiro atoms. The summed E-state index contributed by atoms with van der Waals surface area (Å²) in [6.07, 6.45) is 7.80. The van der Waals surface area contributed by atoms with Crippen molar-refractivity contribution in [3.05, 3.63) is 30.1 Å². The lowest BCUT2D eigenvalue weighted by molar-refractivity contribution is -0.129. The highest BCUT2D eigenvalue weighted by atomic mass is 16.2. The van der Waals surface area contributed by atoms with Crippen molar-refractivity contribution in [2.24, 2.45) is 5.92 Å². The van der Waals surface area contributed by atoms with Gasteiger partial charge in [-0.25, -0.2) is 0 Å². The molecule has 0 bridgehead atoms. The molecule has 0 radical (unpaired) electrons. The lowest BCUT2D eigenvalue weighted by atomic mass is 9.89. The number of aromatic nitrogens is 1. The Hall–Kier alpha value is -1.91. The number of hydrogen-bond acceptors (Lipinski definition) is 3. The van der Waals surface area contributed by atoms with Crippen LogP contribution >= 0.6 is 0 Å². The lowest BCUT2D eigenvalue weighted by Crippen LogP contribution is -2.40. The third-order valence-corrected chi connectivity index (χ3v) is 3.83. The van der Waals surface area contributed by atoms with E-state index in [-0.39, 0.29) is 24.3 Å². The summed E-state index contributed by atoms with van der Waals surface area (Å²) in [5.74, 6) is -0.0234. The van der Waals surface area contributed by atoms with E-state index < -0.39 is 0 Å². The Bertz CT molecular complexity index is 456. The van der Waals surface area contributed by atoms with Gasteiger partial charge in [0.2, 0.25) is 11.8 Å². The zero-order valence-electron chi connectivity index (χ0n) is 12.3. The minimum Gasteiger partial charge on any atom is -0.354 e. The Labute approximate surface area is 125 Å². The third-order valence-electron chi connectivity index (χ3n) is 3.83. The fourth-order valence-electron chi connectivity index (χ4n) is 2.62. The minimum atomic E-state index is -0.143. The molecule has 0 atom stereocenters. The topological polar surface area (TPSA) is 71.1 Å². The molecule has 2 amide bonds. The molecule has 5 heteroatoms. The maximum atomic E-state index is 11.9. The third kappa shape index (κ3) is 5.53. The van der Waals surface area contributed by atoms with Gasteiger partial charge in [0.05, 0.1) is 6.54 Å². The minimum absolute atomic E-state index is 0.0228. The number of carbonyl (C=O) groups is 2. The second-order valence-electron chi connectivity index (χ2n) is 5.47. The van der Waals surface area contributed by atoms with Gasteiger partial charge in [0.25, 0.3) is 0 Å². The van der Waals surface area contributed by atoms with E-state index in [1.54, 1.807) is 6.20 Å². The van der Waals surface area contributed by atoms with E-state index in [1.807, 2.05) is 18.2 Å². The zero-order chi connectivity index (χ0) is 14.9. The van der Waals surface area contributed by atoms with Crippen molar-refractivity contribution < 1.29 is 9.59 Å². The fourth-order valence-corrected chi connectivity index (χ4v) is 2.62. The Kier molecular flexibility index (Phi) is 6.19. The molecule has 1 aromatic rings. The van der Waals surface area contributed by atoms with E-state index >= 15 is 0 Å². The van der Waals surface area contributed by atoms with Gasteiger partial charge in [0.1, 0.15) is 0 Å². The standard InChI is InChI=1S/C16H23N3O2/c20-15(18-11-9-14-8-4-5-10-17-14)12-19-16(21)13-6-2-1-3-7-13/h4-5,8,10,13H,1-3,6-7,9,11-12H2,(H,18,20)(H,19,21). The van der Waals surface area contributed by atoms with Gasteiger partial charge in [-0.05, 0) is 25.0 Å². The average Bonchev–Trinajstić information content (AvgIpc) is 2.54. The van der Waals surface area contributed by atoms with E-state index in [0.29, 0.717) is 13.0 Å². The molecule has 21 heavy (non-hydrogen) atoms. The summed E-state index contributed by atoms with van der Waals surface area (Å²) in [6, 6.07) is 5.72.